The monoisotopic (exact) mass is 150 g/mol. The highest BCUT2D eigenvalue weighted by Crippen LogP contribution is 2.39. The summed E-state index contributed by atoms with van der Waals surface area (Å²) in [5.41, 5.74) is 0. The van der Waals surface area contributed by atoms with Gasteiger partial charge >= 0.3 is 0 Å². The zero-order valence-electron chi connectivity index (χ0n) is 6.70. The van der Waals surface area contributed by atoms with Crippen LogP contribution in [-0.4, -0.2) is 6.29 Å². The Morgan fingerprint density at radius 1 is 1.36 bits per heavy atom. The van der Waals surface area contributed by atoms with Gasteiger partial charge in [0.05, 0.1) is 0 Å². The van der Waals surface area contributed by atoms with Crippen molar-refractivity contribution in [2.24, 2.45) is 17.8 Å². The van der Waals surface area contributed by atoms with Gasteiger partial charge in [0.25, 0.3) is 0 Å². The molecule has 1 saturated carbocycles. The van der Waals surface area contributed by atoms with Gasteiger partial charge in [-0.1, -0.05) is 12.2 Å². The molecule has 0 aliphatic heterocycles. The molecule has 1 heteroatoms. The number of allylic oxidation sites excluding steroid dienone is 2. The molecule has 0 saturated heterocycles. The van der Waals surface area contributed by atoms with Crippen molar-refractivity contribution in [1.82, 2.24) is 0 Å². The lowest BCUT2D eigenvalue weighted by molar-refractivity contribution is -0.112. The minimum absolute atomic E-state index is 0.360. The molecule has 0 radical (unpaired) electrons. The summed E-state index contributed by atoms with van der Waals surface area (Å²) in [6, 6.07) is 0. The average Bonchev–Trinajstić information content (AvgIpc) is 2.50. The lowest BCUT2D eigenvalue weighted by Crippen LogP contribution is -2.21. The Morgan fingerprint density at radius 2 is 2.27 bits per heavy atom. The number of fused-ring (bicyclic) bond motifs is 1. The van der Waals surface area contributed by atoms with Crippen LogP contribution in [0, 0.1) is 17.8 Å². The first-order valence-corrected chi connectivity index (χ1v) is 4.52. The van der Waals surface area contributed by atoms with Gasteiger partial charge in [0.15, 0.2) is 0 Å². The van der Waals surface area contributed by atoms with Crippen LogP contribution in [0.5, 0.6) is 0 Å². The first-order valence-electron chi connectivity index (χ1n) is 4.52. The molecule has 0 heterocycles. The van der Waals surface area contributed by atoms with Gasteiger partial charge in [0.1, 0.15) is 6.29 Å². The zero-order valence-corrected chi connectivity index (χ0v) is 6.70. The highest BCUT2D eigenvalue weighted by molar-refractivity contribution is 5.53. The summed E-state index contributed by atoms with van der Waals surface area (Å²) in [5, 5.41) is 0. The maximum Gasteiger partial charge on any atom is 0.123 e. The third-order valence-electron chi connectivity index (χ3n) is 3.10. The summed E-state index contributed by atoms with van der Waals surface area (Å²) in [4.78, 5) is 10.5. The molecular weight excluding hydrogens is 136 g/mol. The van der Waals surface area contributed by atoms with Crippen LogP contribution in [0.15, 0.2) is 12.2 Å². The van der Waals surface area contributed by atoms with E-state index in [1.54, 1.807) is 0 Å². The van der Waals surface area contributed by atoms with Crippen molar-refractivity contribution in [3.8, 4) is 0 Å². The molecule has 0 amide bonds. The second-order valence-electron chi connectivity index (χ2n) is 3.80. The Hall–Kier alpha value is -0.590. The van der Waals surface area contributed by atoms with Gasteiger partial charge in [-0.2, -0.15) is 0 Å². The molecule has 1 nitrogen and oxygen atoms in total. The van der Waals surface area contributed by atoms with Crippen molar-refractivity contribution in [3.05, 3.63) is 12.2 Å². The largest absolute Gasteiger partial charge is 0.303 e. The highest BCUT2D eigenvalue weighted by atomic mass is 16.1. The minimum atomic E-state index is 0.360. The summed E-state index contributed by atoms with van der Waals surface area (Å²) in [6.45, 7) is 0. The van der Waals surface area contributed by atoms with Crippen LogP contribution in [-0.2, 0) is 4.79 Å². The van der Waals surface area contributed by atoms with Crippen molar-refractivity contribution >= 4 is 6.29 Å². The normalized spacial score (nSPS) is 42.0. The van der Waals surface area contributed by atoms with Gasteiger partial charge in [0.2, 0.25) is 0 Å². The van der Waals surface area contributed by atoms with E-state index in [2.05, 4.69) is 12.2 Å². The zero-order chi connectivity index (χ0) is 7.68. The highest BCUT2D eigenvalue weighted by Gasteiger charge is 2.30. The second-order valence-corrected chi connectivity index (χ2v) is 3.80. The molecule has 0 bridgehead atoms. The molecule has 1 fully saturated rings. The van der Waals surface area contributed by atoms with Crippen LogP contribution < -0.4 is 0 Å². The maximum atomic E-state index is 10.5. The standard InChI is InChI=1S/C10H14O/c11-7-8-4-5-9-2-1-3-10(9)6-8/h1,3,7-10H,2,4-6H2. The van der Waals surface area contributed by atoms with Gasteiger partial charge in [0, 0.05) is 5.92 Å². The van der Waals surface area contributed by atoms with Gasteiger partial charge < -0.3 is 4.79 Å². The molecular formula is C10H14O. The van der Waals surface area contributed by atoms with E-state index in [-0.39, 0.29) is 0 Å². The minimum Gasteiger partial charge on any atom is -0.303 e. The van der Waals surface area contributed by atoms with E-state index in [1.165, 1.54) is 12.8 Å². The number of carbonyl (C=O) groups excluding carboxylic acids is 1. The summed E-state index contributed by atoms with van der Waals surface area (Å²) in [5.74, 6) is 1.98. The summed E-state index contributed by atoms with van der Waals surface area (Å²) >= 11 is 0. The van der Waals surface area contributed by atoms with Crippen molar-refractivity contribution in [2.75, 3.05) is 0 Å². The maximum absolute atomic E-state index is 10.5. The lowest BCUT2D eigenvalue weighted by Gasteiger charge is -2.28. The molecule has 3 atom stereocenters. The van der Waals surface area contributed by atoms with Crippen LogP contribution in [0.1, 0.15) is 25.7 Å². The van der Waals surface area contributed by atoms with E-state index in [1.807, 2.05) is 0 Å². The van der Waals surface area contributed by atoms with Crippen molar-refractivity contribution < 1.29 is 4.79 Å². The quantitative estimate of drug-likeness (QED) is 0.413. The Balaban J connectivity index is 2.00. The molecule has 0 spiro atoms. The van der Waals surface area contributed by atoms with Crippen LogP contribution in [0.2, 0.25) is 0 Å². The van der Waals surface area contributed by atoms with E-state index in [9.17, 15) is 4.79 Å². The van der Waals surface area contributed by atoms with E-state index in [4.69, 9.17) is 0 Å². The van der Waals surface area contributed by atoms with Crippen LogP contribution in [0.4, 0.5) is 0 Å². The third kappa shape index (κ3) is 1.24. The molecule has 2 aliphatic carbocycles. The molecule has 0 aromatic rings. The smallest absolute Gasteiger partial charge is 0.123 e. The fourth-order valence-corrected chi connectivity index (χ4v) is 2.38. The molecule has 0 aromatic carbocycles. The van der Waals surface area contributed by atoms with E-state index < -0.39 is 0 Å². The fraction of sp³-hybridized carbons (Fsp3) is 0.700. The second kappa shape index (κ2) is 2.80. The molecule has 60 valence electrons. The number of aldehydes is 1. The van der Waals surface area contributed by atoms with Crippen molar-refractivity contribution in [1.29, 1.82) is 0 Å². The third-order valence-corrected chi connectivity index (χ3v) is 3.10. The number of hydrogen-bond donors (Lipinski definition) is 0. The van der Waals surface area contributed by atoms with Gasteiger partial charge in [-0.3, -0.25) is 0 Å². The lowest BCUT2D eigenvalue weighted by atomic mass is 9.76. The molecule has 2 rings (SSSR count). The Morgan fingerprint density at radius 3 is 3.09 bits per heavy atom. The molecule has 0 N–H and O–H groups in total. The fourth-order valence-electron chi connectivity index (χ4n) is 2.38. The van der Waals surface area contributed by atoms with E-state index in [0.29, 0.717) is 5.92 Å². The SMILES string of the molecule is O=CC1CCC2CC=CC2C1. The van der Waals surface area contributed by atoms with Crippen molar-refractivity contribution in [2.45, 2.75) is 25.7 Å². The summed E-state index contributed by atoms with van der Waals surface area (Å²) in [7, 11) is 0. The Bertz CT molecular complexity index is 183. The summed E-state index contributed by atoms with van der Waals surface area (Å²) in [6.07, 6.45) is 10.5. The number of carbonyl (C=O) groups is 1. The molecule has 11 heavy (non-hydrogen) atoms. The van der Waals surface area contributed by atoms with Gasteiger partial charge in [-0.25, -0.2) is 0 Å². The summed E-state index contributed by atoms with van der Waals surface area (Å²) < 4.78 is 0. The molecule has 3 unspecified atom stereocenters. The van der Waals surface area contributed by atoms with Crippen LogP contribution in [0.3, 0.4) is 0 Å². The Labute approximate surface area is 67.5 Å². The predicted octanol–water partition coefficient (Wildman–Crippen LogP) is 2.18. The topological polar surface area (TPSA) is 17.1 Å². The predicted molar refractivity (Wildman–Crippen MR) is 44.1 cm³/mol. The number of hydrogen-bond acceptors (Lipinski definition) is 1. The van der Waals surface area contributed by atoms with Crippen molar-refractivity contribution in [3.63, 3.8) is 0 Å². The Kier molecular flexibility index (Phi) is 1.80. The first kappa shape index (κ1) is 7.08. The average molecular weight is 150 g/mol. The van der Waals surface area contributed by atoms with E-state index >= 15 is 0 Å². The number of rotatable bonds is 1. The molecule has 0 aromatic heterocycles. The van der Waals surface area contributed by atoms with Gasteiger partial charge in [-0.05, 0) is 37.5 Å². The van der Waals surface area contributed by atoms with Crippen LogP contribution in [0.25, 0.3) is 0 Å². The van der Waals surface area contributed by atoms with E-state index in [0.717, 1.165) is 31.0 Å². The van der Waals surface area contributed by atoms with Crippen LogP contribution >= 0.6 is 0 Å². The molecule has 2 aliphatic rings. The van der Waals surface area contributed by atoms with Gasteiger partial charge in [-0.15, -0.1) is 0 Å². The first-order chi connectivity index (χ1) is 5.40.